The fourth-order valence-electron chi connectivity index (χ4n) is 1.14. The van der Waals surface area contributed by atoms with E-state index < -0.39 is 0 Å². The Balaban J connectivity index is 2.70. The van der Waals surface area contributed by atoms with E-state index in [4.69, 9.17) is 0 Å². The molecule has 0 bridgehead atoms. The van der Waals surface area contributed by atoms with Crippen LogP contribution in [-0.4, -0.2) is 12.4 Å². The predicted molar refractivity (Wildman–Crippen MR) is 44.0 cm³/mol. The van der Waals surface area contributed by atoms with Gasteiger partial charge in [-0.05, 0) is 18.4 Å². The Morgan fingerprint density at radius 2 is 2.30 bits per heavy atom. The first kappa shape index (κ1) is 7.32. The number of nitrogens with zero attached hydrogens (tertiary/aromatic N) is 1. The van der Waals surface area contributed by atoms with Crippen LogP contribution < -0.4 is 5.32 Å². The van der Waals surface area contributed by atoms with E-state index in [1.807, 2.05) is 6.20 Å². The molecule has 0 saturated carbocycles. The van der Waals surface area contributed by atoms with Crippen LogP contribution in [0.2, 0.25) is 0 Å². The fourth-order valence-corrected chi connectivity index (χ4v) is 1.14. The van der Waals surface area contributed by atoms with Gasteiger partial charge in [0.1, 0.15) is 0 Å². The van der Waals surface area contributed by atoms with Gasteiger partial charge in [0, 0.05) is 12.2 Å². The third kappa shape index (κ3) is 1.38. The molecule has 0 aromatic carbocycles. The second kappa shape index (κ2) is 2.86. The smallest absolute Gasteiger partial charge is 0.0883 e. The van der Waals surface area contributed by atoms with Gasteiger partial charge in [0.2, 0.25) is 0 Å². The first-order chi connectivity index (χ1) is 4.72. The van der Waals surface area contributed by atoms with Crippen LogP contribution in [0.15, 0.2) is 16.8 Å². The van der Waals surface area contributed by atoms with Crippen LogP contribution in [0, 0.1) is 5.92 Å². The summed E-state index contributed by atoms with van der Waals surface area (Å²) in [6, 6.07) is 0.456. The highest BCUT2D eigenvalue weighted by atomic mass is 15.0. The summed E-state index contributed by atoms with van der Waals surface area (Å²) in [5.74, 6) is 0.597. The molecule has 10 heavy (non-hydrogen) atoms. The average molecular weight is 138 g/mol. The van der Waals surface area contributed by atoms with Gasteiger partial charge in [-0.25, -0.2) is 4.99 Å². The summed E-state index contributed by atoms with van der Waals surface area (Å²) in [5, 5.41) is 3.15. The van der Waals surface area contributed by atoms with Gasteiger partial charge in [-0.3, -0.25) is 0 Å². The second-order valence-electron chi connectivity index (χ2n) is 2.95. The molecule has 56 valence electrons. The van der Waals surface area contributed by atoms with Crippen LogP contribution in [0.4, 0.5) is 0 Å². The van der Waals surface area contributed by atoms with Crippen molar-refractivity contribution in [3.63, 3.8) is 0 Å². The molecule has 0 spiro atoms. The van der Waals surface area contributed by atoms with Gasteiger partial charge in [-0.2, -0.15) is 0 Å². The number of aliphatic imine (C=N–C) groups is 1. The van der Waals surface area contributed by atoms with E-state index >= 15 is 0 Å². The lowest BCUT2D eigenvalue weighted by atomic mass is 9.97. The molecule has 1 rings (SSSR count). The van der Waals surface area contributed by atoms with Crippen LogP contribution in [0.5, 0.6) is 0 Å². The van der Waals surface area contributed by atoms with Crippen molar-refractivity contribution in [3.8, 4) is 0 Å². The first-order valence-corrected chi connectivity index (χ1v) is 3.69. The Hall–Kier alpha value is -0.790. The topological polar surface area (TPSA) is 24.4 Å². The van der Waals surface area contributed by atoms with Crippen molar-refractivity contribution in [1.29, 1.82) is 0 Å². The summed E-state index contributed by atoms with van der Waals surface area (Å²) in [5.41, 5.74) is 1.38. The van der Waals surface area contributed by atoms with Crippen molar-refractivity contribution in [2.24, 2.45) is 10.9 Å². The first-order valence-electron chi connectivity index (χ1n) is 3.69. The van der Waals surface area contributed by atoms with Gasteiger partial charge >= 0.3 is 0 Å². The van der Waals surface area contributed by atoms with Crippen LogP contribution in [0.25, 0.3) is 0 Å². The highest BCUT2D eigenvalue weighted by molar-refractivity contribution is 5.58. The zero-order chi connectivity index (χ0) is 7.56. The number of nitrogens with one attached hydrogen (secondary N) is 1. The van der Waals surface area contributed by atoms with Gasteiger partial charge in [-0.15, -0.1) is 0 Å². The van der Waals surface area contributed by atoms with Gasteiger partial charge in [0.05, 0.1) is 6.34 Å². The summed E-state index contributed by atoms with van der Waals surface area (Å²) >= 11 is 0. The highest BCUT2D eigenvalue weighted by Crippen LogP contribution is 2.15. The molecule has 0 aromatic heterocycles. The molecule has 2 nitrogen and oxygen atoms in total. The molecule has 1 aliphatic heterocycles. The second-order valence-corrected chi connectivity index (χ2v) is 2.95. The molecule has 1 aliphatic rings. The van der Waals surface area contributed by atoms with E-state index in [0.717, 1.165) is 0 Å². The molecule has 1 heterocycles. The zero-order valence-electron chi connectivity index (χ0n) is 6.76. The van der Waals surface area contributed by atoms with Gasteiger partial charge in [-0.1, -0.05) is 13.8 Å². The SMILES string of the molecule is CC(C)C1=CN=CNC1C. The molecule has 1 N–H and O–H groups in total. The summed E-state index contributed by atoms with van der Waals surface area (Å²) < 4.78 is 0. The maximum absolute atomic E-state index is 4.03. The number of hydrogen-bond donors (Lipinski definition) is 1. The molecular formula is C8H14N2. The Bertz CT molecular complexity index is 168. The van der Waals surface area contributed by atoms with Crippen molar-refractivity contribution in [2.75, 3.05) is 0 Å². The van der Waals surface area contributed by atoms with Crippen molar-refractivity contribution < 1.29 is 0 Å². The van der Waals surface area contributed by atoms with Crippen LogP contribution in [-0.2, 0) is 0 Å². The van der Waals surface area contributed by atoms with E-state index in [1.165, 1.54) is 5.57 Å². The van der Waals surface area contributed by atoms with Crippen LogP contribution >= 0.6 is 0 Å². The molecule has 0 amide bonds. The van der Waals surface area contributed by atoms with E-state index in [9.17, 15) is 0 Å². The van der Waals surface area contributed by atoms with Crippen LogP contribution in [0.1, 0.15) is 20.8 Å². The molecule has 1 atom stereocenters. The Morgan fingerprint density at radius 3 is 2.70 bits per heavy atom. The van der Waals surface area contributed by atoms with Crippen molar-refractivity contribution >= 4 is 6.34 Å². The number of hydrogen-bond acceptors (Lipinski definition) is 2. The monoisotopic (exact) mass is 138 g/mol. The minimum absolute atomic E-state index is 0.456. The van der Waals surface area contributed by atoms with Gasteiger partial charge < -0.3 is 5.32 Å². The Kier molecular flexibility index (Phi) is 2.10. The predicted octanol–water partition coefficient (Wildman–Crippen LogP) is 1.55. The number of rotatable bonds is 1. The third-order valence-corrected chi connectivity index (χ3v) is 1.79. The molecule has 0 saturated heterocycles. The van der Waals surface area contributed by atoms with Gasteiger partial charge in [0.15, 0.2) is 0 Å². The summed E-state index contributed by atoms with van der Waals surface area (Å²) in [7, 11) is 0. The molecule has 0 aliphatic carbocycles. The minimum atomic E-state index is 0.456. The van der Waals surface area contributed by atoms with E-state index in [0.29, 0.717) is 12.0 Å². The summed E-state index contributed by atoms with van der Waals surface area (Å²) in [4.78, 5) is 4.03. The lowest BCUT2D eigenvalue weighted by Gasteiger charge is -2.20. The molecule has 0 radical (unpaired) electrons. The minimum Gasteiger partial charge on any atom is -0.370 e. The summed E-state index contributed by atoms with van der Waals surface area (Å²) in [6.45, 7) is 6.52. The maximum Gasteiger partial charge on any atom is 0.0883 e. The largest absolute Gasteiger partial charge is 0.370 e. The third-order valence-electron chi connectivity index (χ3n) is 1.79. The molecule has 1 unspecified atom stereocenters. The molecule has 2 heteroatoms. The van der Waals surface area contributed by atoms with E-state index in [2.05, 4.69) is 31.1 Å². The Labute approximate surface area is 62.0 Å². The normalized spacial score (nSPS) is 24.4. The quantitative estimate of drug-likeness (QED) is 0.584. The van der Waals surface area contributed by atoms with E-state index in [1.54, 1.807) is 6.34 Å². The van der Waals surface area contributed by atoms with Crippen molar-refractivity contribution in [2.45, 2.75) is 26.8 Å². The highest BCUT2D eigenvalue weighted by Gasteiger charge is 2.12. The molecule has 0 fully saturated rings. The molecule has 0 aromatic rings. The van der Waals surface area contributed by atoms with Crippen LogP contribution in [0.3, 0.4) is 0 Å². The standard InChI is InChI=1S/C8H14N2/c1-6(2)8-4-9-5-10-7(8)3/h4-7H,1-3H3,(H,9,10). The lowest BCUT2D eigenvalue weighted by molar-refractivity contribution is 0.630. The average Bonchev–Trinajstić information content (AvgIpc) is 1.88. The summed E-state index contributed by atoms with van der Waals surface area (Å²) in [6.07, 6.45) is 3.70. The molecular weight excluding hydrogens is 124 g/mol. The maximum atomic E-state index is 4.03. The lowest BCUT2D eigenvalue weighted by Crippen LogP contribution is -2.30. The zero-order valence-corrected chi connectivity index (χ0v) is 6.76. The van der Waals surface area contributed by atoms with E-state index in [-0.39, 0.29) is 0 Å². The van der Waals surface area contributed by atoms with Crippen molar-refractivity contribution in [3.05, 3.63) is 11.8 Å². The fraction of sp³-hybridized carbons (Fsp3) is 0.625. The van der Waals surface area contributed by atoms with Crippen molar-refractivity contribution in [1.82, 2.24) is 5.32 Å². The van der Waals surface area contributed by atoms with Gasteiger partial charge in [0.25, 0.3) is 0 Å². The Morgan fingerprint density at radius 1 is 1.60 bits per heavy atom.